The van der Waals surface area contributed by atoms with Crippen LogP contribution in [0.2, 0.25) is 0 Å². The van der Waals surface area contributed by atoms with Crippen LogP contribution in [0, 0.1) is 0 Å². The molecule has 37 heavy (non-hydrogen) atoms. The Labute approximate surface area is 217 Å². The van der Waals surface area contributed by atoms with Crippen LogP contribution in [0.3, 0.4) is 0 Å². The Balaban J connectivity index is 1.29. The molecule has 1 aliphatic carbocycles. The molecule has 3 aliphatic rings. The summed E-state index contributed by atoms with van der Waals surface area (Å²) in [5.41, 5.74) is 1.30. The van der Waals surface area contributed by atoms with Gasteiger partial charge in [-0.25, -0.2) is 4.79 Å². The summed E-state index contributed by atoms with van der Waals surface area (Å²) in [7, 11) is 0. The number of benzene rings is 2. The molecule has 2 heterocycles. The number of carboxylic acids is 1. The molecule has 1 N–H and O–H groups in total. The maximum atomic E-state index is 14.1. The second kappa shape index (κ2) is 10.7. The third-order valence-corrected chi connectivity index (χ3v) is 7.95. The van der Waals surface area contributed by atoms with E-state index in [9.17, 15) is 19.5 Å². The molecule has 0 bridgehead atoms. The SMILES string of the molecule is O=C(O)C1=CC=CCC1N1CN(c2ccccc2)C2(CCN(CCCC(=O)c3ccccc3)CC2)C1=O. The van der Waals surface area contributed by atoms with E-state index in [2.05, 4.69) is 9.80 Å². The number of Topliss-reactive ketones (excluding diaryl/α,β-unsaturated/α-hetero) is 1. The van der Waals surface area contributed by atoms with Gasteiger partial charge in [0.2, 0.25) is 0 Å². The predicted molar refractivity (Wildman–Crippen MR) is 142 cm³/mol. The second-order valence-corrected chi connectivity index (χ2v) is 10.1. The Morgan fingerprint density at radius 3 is 2.32 bits per heavy atom. The first-order valence-corrected chi connectivity index (χ1v) is 13.0. The van der Waals surface area contributed by atoms with E-state index in [-0.39, 0.29) is 17.3 Å². The number of likely N-dealkylation sites (tertiary alicyclic amines) is 1. The Kier molecular flexibility index (Phi) is 7.24. The molecule has 2 aromatic carbocycles. The number of amides is 1. The highest BCUT2D eigenvalue weighted by molar-refractivity contribution is 5.97. The number of carbonyl (C=O) groups is 3. The maximum absolute atomic E-state index is 14.1. The van der Waals surface area contributed by atoms with E-state index in [1.807, 2.05) is 66.7 Å². The third kappa shape index (κ3) is 4.96. The normalized spacial score (nSPS) is 21.4. The van der Waals surface area contributed by atoms with E-state index in [1.54, 1.807) is 17.1 Å². The van der Waals surface area contributed by atoms with E-state index in [0.717, 1.165) is 37.3 Å². The van der Waals surface area contributed by atoms with E-state index in [1.165, 1.54) is 0 Å². The molecule has 1 atom stereocenters. The van der Waals surface area contributed by atoms with Crippen molar-refractivity contribution in [2.75, 3.05) is 31.2 Å². The summed E-state index contributed by atoms with van der Waals surface area (Å²) in [6.45, 7) is 2.71. The van der Waals surface area contributed by atoms with Crippen LogP contribution in [0.4, 0.5) is 5.69 Å². The topological polar surface area (TPSA) is 81.2 Å². The molecule has 7 nitrogen and oxygen atoms in total. The number of aliphatic carboxylic acids is 1. The van der Waals surface area contributed by atoms with Gasteiger partial charge < -0.3 is 19.8 Å². The number of allylic oxidation sites excluding steroid dienone is 2. The number of nitrogens with zero attached hydrogens (tertiary/aromatic N) is 3. The van der Waals surface area contributed by atoms with Crippen LogP contribution >= 0.6 is 0 Å². The quantitative estimate of drug-likeness (QED) is 0.550. The molecule has 2 saturated heterocycles. The Morgan fingerprint density at radius 2 is 1.65 bits per heavy atom. The molecule has 192 valence electrons. The Bertz CT molecular complexity index is 1200. The summed E-state index contributed by atoms with van der Waals surface area (Å²) >= 11 is 0. The molecule has 2 aliphatic heterocycles. The molecule has 7 heteroatoms. The first kappa shape index (κ1) is 25.0. The van der Waals surface area contributed by atoms with Crippen molar-refractivity contribution >= 4 is 23.3 Å². The fraction of sp³-hybridized carbons (Fsp3) is 0.367. The van der Waals surface area contributed by atoms with Crippen LogP contribution in [0.5, 0.6) is 0 Å². The third-order valence-electron chi connectivity index (χ3n) is 7.95. The van der Waals surface area contributed by atoms with Gasteiger partial charge >= 0.3 is 5.97 Å². The van der Waals surface area contributed by atoms with Crippen molar-refractivity contribution in [2.24, 2.45) is 0 Å². The van der Waals surface area contributed by atoms with E-state index >= 15 is 0 Å². The zero-order chi connectivity index (χ0) is 25.8. The van der Waals surface area contributed by atoms with Crippen molar-refractivity contribution in [2.45, 2.75) is 43.7 Å². The van der Waals surface area contributed by atoms with Crippen LogP contribution in [-0.2, 0) is 9.59 Å². The zero-order valence-electron chi connectivity index (χ0n) is 21.0. The van der Waals surface area contributed by atoms with Crippen molar-refractivity contribution in [1.82, 2.24) is 9.80 Å². The molecule has 0 aromatic heterocycles. The van der Waals surface area contributed by atoms with Crippen LogP contribution in [0.1, 0.15) is 42.5 Å². The van der Waals surface area contributed by atoms with Crippen LogP contribution in [-0.4, -0.2) is 70.4 Å². The highest BCUT2D eigenvalue weighted by Gasteiger charge is 2.55. The van der Waals surface area contributed by atoms with Gasteiger partial charge in [-0.15, -0.1) is 0 Å². The number of hydrogen-bond acceptors (Lipinski definition) is 5. The van der Waals surface area contributed by atoms with Crippen LogP contribution in [0.25, 0.3) is 0 Å². The number of ketones is 1. The van der Waals surface area contributed by atoms with Crippen molar-refractivity contribution < 1.29 is 19.5 Å². The molecule has 1 amide bonds. The lowest BCUT2D eigenvalue weighted by atomic mass is 9.84. The van der Waals surface area contributed by atoms with Crippen LogP contribution in [0.15, 0.2) is 84.5 Å². The average Bonchev–Trinajstić information content (AvgIpc) is 3.22. The Hall–Kier alpha value is -3.71. The van der Waals surface area contributed by atoms with Gasteiger partial charge in [-0.2, -0.15) is 0 Å². The van der Waals surface area contributed by atoms with Gasteiger partial charge in [0, 0.05) is 30.8 Å². The summed E-state index contributed by atoms with van der Waals surface area (Å²) < 4.78 is 0. The molecule has 0 radical (unpaired) electrons. The van der Waals surface area contributed by atoms with Gasteiger partial charge in [0.1, 0.15) is 5.54 Å². The first-order chi connectivity index (χ1) is 18.0. The van der Waals surface area contributed by atoms with Gasteiger partial charge in [-0.1, -0.05) is 60.7 Å². The van der Waals surface area contributed by atoms with Crippen molar-refractivity contribution in [3.63, 3.8) is 0 Å². The molecular formula is C30H33N3O4. The average molecular weight is 500 g/mol. The fourth-order valence-electron chi connectivity index (χ4n) is 5.90. The molecular weight excluding hydrogens is 466 g/mol. The van der Waals surface area contributed by atoms with Crippen molar-refractivity contribution in [3.05, 3.63) is 90.0 Å². The highest BCUT2D eigenvalue weighted by Crippen LogP contribution is 2.41. The second-order valence-electron chi connectivity index (χ2n) is 10.1. The van der Waals surface area contributed by atoms with Gasteiger partial charge in [-0.3, -0.25) is 9.59 Å². The van der Waals surface area contributed by atoms with Gasteiger partial charge in [0.05, 0.1) is 18.3 Å². The molecule has 1 spiro atoms. The standard InChI is InChI=1S/C30H33N3O4/c34-27(23-10-3-1-4-11-23)16-9-19-31-20-17-30(18-21-31)29(37)32(22-33(30)24-12-5-2-6-13-24)26-15-8-7-14-25(26)28(35)36/h1-8,10-14,26H,9,15-22H2,(H,35,36). The lowest BCUT2D eigenvalue weighted by molar-refractivity contribution is -0.136. The summed E-state index contributed by atoms with van der Waals surface area (Å²) in [6, 6.07) is 18.9. The minimum atomic E-state index is -0.978. The number of anilines is 1. The largest absolute Gasteiger partial charge is 0.478 e. The van der Waals surface area contributed by atoms with Gasteiger partial charge in [0.25, 0.3) is 5.91 Å². The molecule has 2 aromatic rings. The number of hydrogen-bond donors (Lipinski definition) is 1. The number of carbonyl (C=O) groups excluding carboxylic acids is 2. The molecule has 5 rings (SSSR count). The monoisotopic (exact) mass is 499 g/mol. The summed E-state index contributed by atoms with van der Waals surface area (Å²) in [6.07, 6.45) is 8.43. The number of carboxylic acid groups (broad SMARTS) is 1. The molecule has 1 unspecified atom stereocenters. The fourth-order valence-corrected chi connectivity index (χ4v) is 5.90. The van der Waals surface area contributed by atoms with Crippen LogP contribution < -0.4 is 4.90 Å². The number of rotatable bonds is 8. The number of para-hydroxylation sites is 1. The van der Waals surface area contributed by atoms with E-state index in [4.69, 9.17) is 0 Å². The smallest absolute Gasteiger partial charge is 0.333 e. The maximum Gasteiger partial charge on any atom is 0.333 e. The van der Waals surface area contributed by atoms with Gasteiger partial charge in [0.15, 0.2) is 5.78 Å². The van der Waals surface area contributed by atoms with Crippen molar-refractivity contribution in [3.8, 4) is 0 Å². The van der Waals surface area contributed by atoms with Crippen molar-refractivity contribution in [1.29, 1.82) is 0 Å². The minimum absolute atomic E-state index is 0.0164. The van der Waals surface area contributed by atoms with E-state index in [0.29, 0.717) is 32.4 Å². The van der Waals surface area contributed by atoms with E-state index < -0.39 is 17.6 Å². The lowest BCUT2D eigenvalue weighted by Crippen LogP contribution is -2.57. The predicted octanol–water partition coefficient (Wildman–Crippen LogP) is 4.13. The first-order valence-electron chi connectivity index (χ1n) is 13.0. The Morgan fingerprint density at radius 1 is 0.973 bits per heavy atom. The minimum Gasteiger partial charge on any atom is -0.478 e. The summed E-state index contributed by atoms with van der Waals surface area (Å²) in [4.78, 5) is 44.8. The summed E-state index contributed by atoms with van der Waals surface area (Å²) in [5.74, 6) is -0.799. The van der Waals surface area contributed by atoms with Gasteiger partial charge in [-0.05, 0) is 50.4 Å². The molecule has 0 saturated carbocycles. The lowest BCUT2D eigenvalue weighted by Gasteiger charge is -2.43. The highest BCUT2D eigenvalue weighted by atomic mass is 16.4. The molecule has 2 fully saturated rings. The zero-order valence-corrected chi connectivity index (χ0v) is 21.0. The summed E-state index contributed by atoms with van der Waals surface area (Å²) in [5, 5.41) is 9.78. The number of piperidine rings is 1.